The summed E-state index contributed by atoms with van der Waals surface area (Å²) in [6.07, 6.45) is -0.326. The van der Waals surface area contributed by atoms with Gasteiger partial charge in [0, 0.05) is 32.5 Å². The van der Waals surface area contributed by atoms with Gasteiger partial charge in [0.25, 0.3) is 0 Å². The quantitative estimate of drug-likeness (QED) is 0.854. The first-order valence-corrected chi connectivity index (χ1v) is 7.76. The van der Waals surface area contributed by atoms with E-state index in [9.17, 15) is 18.4 Å². The van der Waals surface area contributed by atoms with E-state index >= 15 is 0 Å². The molecule has 0 amide bonds. The Morgan fingerprint density at radius 3 is 2.64 bits per heavy atom. The summed E-state index contributed by atoms with van der Waals surface area (Å²) in [5.74, 6) is 0.599. The van der Waals surface area contributed by atoms with E-state index < -0.39 is 11.7 Å². The smallest absolute Gasteiger partial charge is 0.368 e. The number of hydrogen-bond acceptors (Lipinski definition) is 5. The second kappa shape index (κ2) is 6.59. The first-order valence-electron chi connectivity index (χ1n) is 7.76. The van der Waals surface area contributed by atoms with E-state index in [1.807, 2.05) is 22.9 Å². The van der Waals surface area contributed by atoms with E-state index in [2.05, 4.69) is 9.97 Å². The minimum atomic E-state index is -4.46. The third-order valence-corrected chi connectivity index (χ3v) is 4.36. The van der Waals surface area contributed by atoms with Crippen LogP contribution in [0, 0.1) is 11.3 Å². The highest BCUT2D eigenvalue weighted by molar-refractivity contribution is 5.61. The summed E-state index contributed by atoms with van der Waals surface area (Å²) in [6, 6.07) is 7.05. The lowest BCUT2D eigenvalue weighted by Crippen LogP contribution is -2.35. The largest absolute Gasteiger partial charge is 0.416 e. The second-order valence-corrected chi connectivity index (χ2v) is 5.89. The molecule has 25 heavy (non-hydrogen) atoms. The van der Waals surface area contributed by atoms with E-state index in [0.29, 0.717) is 24.7 Å². The van der Waals surface area contributed by atoms with Crippen molar-refractivity contribution in [2.75, 3.05) is 29.9 Å². The van der Waals surface area contributed by atoms with Crippen molar-refractivity contribution in [3.05, 3.63) is 47.8 Å². The van der Waals surface area contributed by atoms with Crippen molar-refractivity contribution in [2.24, 2.45) is 0 Å². The van der Waals surface area contributed by atoms with Crippen LogP contribution in [0.4, 0.5) is 24.8 Å². The van der Waals surface area contributed by atoms with E-state index in [-0.39, 0.29) is 11.6 Å². The lowest BCUT2D eigenvalue weighted by molar-refractivity contribution is -0.137. The number of halogens is 3. The van der Waals surface area contributed by atoms with Crippen molar-refractivity contribution in [1.29, 1.82) is 5.26 Å². The van der Waals surface area contributed by atoms with Crippen LogP contribution in [0.1, 0.15) is 17.5 Å². The van der Waals surface area contributed by atoms with E-state index in [1.54, 1.807) is 18.5 Å². The fourth-order valence-corrected chi connectivity index (χ4v) is 2.99. The fraction of sp³-hybridized carbons (Fsp3) is 0.353. The molecule has 8 heteroatoms. The molecule has 1 aromatic carbocycles. The van der Waals surface area contributed by atoms with Gasteiger partial charge in [-0.25, -0.2) is 9.97 Å². The molecule has 2 heterocycles. The van der Waals surface area contributed by atoms with E-state index in [1.165, 1.54) is 6.07 Å². The average molecular weight is 347 g/mol. The van der Waals surface area contributed by atoms with Gasteiger partial charge in [-0.2, -0.15) is 18.4 Å². The molecule has 0 radical (unpaired) electrons. The molecule has 1 atom stereocenters. The van der Waals surface area contributed by atoms with Crippen LogP contribution in [0.25, 0.3) is 0 Å². The summed E-state index contributed by atoms with van der Waals surface area (Å²) in [7, 11) is 1.89. The molecule has 0 bridgehead atoms. The second-order valence-electron chi connectivity index (χ2n) is 5.89. The zero-order valence-corrected chi connectivity index (χ0v) is 13.5. The Morgan fingerprint density at radius 2 is 2.00 bits per heavy atom. The van der Waals surface area contributed by atoms with Crippen molar-refractivity contribution in [3.63, 3.8) is 0 Å². The van der Waals surface area contributed by atoms with Gasteiger partial charge in [-0.3, -0.25) is 0 Å². The summed E-state index contributed by atoms with van der Waals surface area (Å²) in [5.41, 5.74) is -0.243. The van der Waals surface area contributed by atoms with Gasteiger partial charge in [-0.15, -0.1) is 0 Å². The van der Waals surface area contributed by atoms with Crippen LogP contribution < -0.4 is 9.80 Å². The van der Waals surface area contributed by atoms with Crippen LogP contribution >= 0.6 is 0 Å². The number of nitriles is 1. The van der Waals surface area contributed by atoms with Gasteiger partial charge in [0.05, 0.1) is 22.9 Å². The van der Waals surface area contributed by atoms with Gasteiger partial charge in [-0.1, -0.05) is 0 Å². The number of anilines is 2. The topological polar surface area (TPSA) is 56.1 Å². The SMILES string of the molecule is CN(c1ncccn1)C1CCN(c2ccc(C(F)(F)F)cc2C#N)C1. The van der Waals surface area contributed by atoms with Gasteiger partial charge in [0.1, 0.15) is 6.07 Å². The molecule has 1 saturated heterocycles. The minimum Gasteiger partial charge on any atom is -0.368 e. The molecule has 0 aliphatic carbocycles. The van der Waals surface area contributed by atoms with Crippen molar-refractivity contribution < 1.29 is 13.2 Å². The van der Waals surface area contributed by atoms with Crippen molar-refractivity contribution >= 4 is 11.6 Å². The number of likely N-dealkylation sites (N-methyl/N-ethyl adjacent to an activating group) is 1. The molecule has 1 aromatic heterocycles. The first kappa shape index (κ1) is 17.0. The van der Waals surface area contributed by atoms with Gasteiger partial charge in [0.15, 0.2) is 0 Å². The molecule has 0 N–H and O–H groups in total. The van der Waals surface area contributed by atoms with E-state index in [0.717, 1.165) is 18.6 Å². The Balaban J connectivity index is 1.79. The summed E-state index contributed by atoms with van der Waals surface area (Å²) < 4.78 is 38.5. The highest BCUT2D eigenvalue weighted by atomic mass is 19.4. The maximum Gasteiger partial charge on any atom is 0.416 e. The predicted molar refractivity (Wildman–Crippen MR) is 87.2 cm³/mol. The zero-order chi connectivity index (χ0) is 18.0. The predicted octanol–water partition coefficient (Wildman–Crippen LogP) is 3.08. The standard InChI is InChI=1S/C17H16F3N5/c1-24(16-22-6-2-7-23-16)14-5-8-25(11-14)15-4-3-13(17(18,19)20)9-12(15)10-21/h2-4,6-7,9,14H,5,8,11H2,1H3. The molecule has 1 aliphatic heterocycles. The number of rotatable bonds is 3. The van der Waals surface area contributed by atoms with Crippen LogP contribution in [0.2, 0.25) is 0 Å². The molecular weight excluding hydrogens is 331 g/mol. The molecule has 0 spiro atoms. The lowest BCUT2D eigenvalue weighted by atomic mass is 10.1. The van der Waals surface area contributed by atoms with Crippen LogP contribution in [0.5, 0.6) is 0 Å². The zero-order valence-electron chi connectivity index (χ0n) is 13.5. The van der Waals surface area contributed by atoms with Crippen LogP contribution in [0.15, 0.2) is 36.7 Å². The number of benzene rings is 1. The highest BCUT2D eigenvalue weighted by Gasteiger charge is 2.33. The molecule has 5 nitrogen and oxygen atoms in total. The number of alkyl halides is 3. The third-order valence-electron chi connectivity index (χ3n) is 4.36. The van der Waals surface area contributed by atoms with Gasteiger partial charge < -0.3 is 9.80 Å². The Hall–Kier alpha value is -2.82. The van der Waals surface area contributed by atoms with Crippen LogP contribution in [0.3, 0.4) is 0 Å². The summed E-state index contributed by atoms with van der Waals surface area (Å²) in [6.45, 7) is 1.25. The minimum absolute atomic E-state index is 0.0362. The number of aromatic nitrogens is 2. The molecule has 1 fully saturated rings. The van der Waals surface area contributed by atoms with Crippen LogP contribution in [-0.2, 0) is 6.18 Å². The highest BCUT2D eigenvalue weighted by Crippen LogP contribution is 2.34. The van der Waals surface area contributed by atoms with Crippen molar-refractivity contribution in [1.82, 2.24) is 9.97 Å². The molecule has 1 aliphatic rings. The van der Waals surface area contributed by atoms with Crippen molar-refractivity contribution in [2.45, 2.75) is 18.6 Å². The Kier molecular flexibility index (Phi) is 4.49. The van der Waals surface area contributed by atoms with Gasteiger partial charge in [-0.05, 0) is 30.7 Å². The maximum absolute atomic E-state index is 12.8. The molecule has 0 saturated carbocycles. The summed E-state index contributed by atoms with van der Waals surface area (Å²) in [5, 5.41) is 9.25. The Bertz CT molecular complexity index is 785. The fourth-order valence-electron chi connectivity index (χ4n) is 2.99. The van der Waals surface area contributed by atoms with Crippen molar-refractivity contribution in [3.8, 4) is 6.07 Å². The maximum atomic E-state index is 12.8. The van der Waals surface area contributed by atoms with Gasteiger partial charge in [0.2, 0.25) is 5.95 Å². The molecular formula is C17H16F3N5. The van der Waals surface area contributed by atoms with Crippen LogP contribution in [-0.4, -0.2) is 36.1 Å². The third kappa shape index (κ3) is 3.50. The molecule has 3 rings (SSSR count). The monoisotopic (exact) mass is 347 g/mol. The number of hydrogen-bond donors (Lipinski definition) is 0. The molecule has 1 unspecified atom stereocenters. The summed E-state index contributed by atoms with van der Waals surface area (Å²) >= 11 is 0. The van der Waals surface area contributed by atoms with E-state index in [4.69, 9.17) is 0 Å². The molecule has 130 valence electrons. The first-order chi connectivity index (χ1) is 11.9. The normalized spacial score (nSPS) is 17.4. The summed E-state index contributed by atoms with van der Waals surface area (Å²) in [4.78, 5) is 12.3. The number of nitrogens with zero attached hydrogens (tertiary/aromatic N) is 5. The molecule has 2 aromatic rings. The van der Waals surface area contributed by atoms with Gasteiger partial charge >= 0.3 is 6.18 Å². The average Bonchev–Trinajstić information content (AvgIpc) is 3.10. The lowest BCUT2D eigenvalue weighted by Gasteiger charge is -2.25. The Morgan fingerprint density at radius 1 is 1.28 bits per heavy atom. The Labute approximate surface area is 143 Å².